The predicted molar refractivity (Wildman–Crippen MR) is 59.4 cm³/mol. The average Bonchev–Trinajstić information content (AvgIpc) is 2.60. The van der Waals surface area contributed by atoms with Crippen molar-refractivity contribution in [2.45, 2.75) is 39.7 Å². The standard InChI is InChI=1S/C10H21N5/c1-6-10(2,3)8(11-4)7-9-12-14-15(5)13-9/h8,11H,6-7H2,1-5H3. The van der Waals surface area contributed by atoms with Gasteiger partial charge in [0.2, 0.25) is 0 Å². The van der Waals surface area contributed by atoms with Crippen molar-refractivity contribution in [3.63, 3.8) is 0 Å². The second kappa shape index (κ2) is 4.70. The molecular weight excluding hydrogens is 190 g/mol. The van der Waals surface area contributed by atoms with Gasteiger partial charge in [0.1, 0.15) is 0 Å². The van der Waals surface area contributed by atoms with Crippen LogP contribution in [0.1, 0.15) is 33.0 Å². The van der Waals surface area contributed by atoms with Crippen molar-refractivity contribution in [2.75, 3.05) is 7.05 Å². The Morgan fingerprint density at radius 1 is 1.47 bits per heavy atom. The highest BCUT2D eigenvalue weighted by Gasteiger charge is 2.27. The van der Waals surface area contributed by atoms with Crippen molar-refractivity contribution in [2.24, 2.45) is 12.5 Å². The Morgan fingerprint density at radius 2 is 2.13 bits per heavy atom. The molecule has 0 spiro atoms. The van der Waals surface area contributed by atoms with Gasteiger partial charge in [-0.25, -0.2) is 0 Å². The van der Waals surface area contributed by atoms with Crippen LogP contribution in [-0.4, -0.2) is 33.3 Å². The fourth-order valence-corrected chi connectivity index (χ4v) is 1.60. The van der Waals surface area contributed by atoms with Crippen molar-refractivity contribution < 1.29 is 0 Å². The van der Waals surface area contributed by atoms with Gasteiger partial charge in [0.15, 0.2) is 5.82 Å². The van der Waals surface area contributed by atoms with Crippen molar-refractivity contribution >= 4 is 0 Å². The summed E-state index contributed by atoms with van der Waals surface area (Å²) in [6, 6.07) is 0.381. The maximum Gasteiger partial charge on any atom is 0.176 e. The molecule has 1 rings (SSSR count). The summed E-state index contributed by atoms with van der Waals surface area (Å²) in [6.45, 7) is 6.71. The van der Waals surface area contributed by atoms with E-state index in [9.17, 15) is 0 Å². The van der Waals surface area contributed by atoms with Crippen LogP contribution in [0.25, 0.3) is 0 Å². The number of aryl methyl sites for hydroxylation is 1. The minimum Gasteiger partial charge on any atom is -0.316 e. The quantitative estimate of drug-likeness (QED) is 0.782. The Morgan fingerprint density at radius 3 is 2.53 bits per heavy atom. The fraction of sp³-hybridized carbons (Fsp3) is 0.900. The van der Waals surface area contributed by atoms with Crippen LogP contribution >= 0.6 is 0 Å². The van der Waals surface area contributed by atoms with Gasteiger partial charge in [0.05, 0.1) is 7.05 Å². The zero-order chi connectivity index (χ0) is 11.5. The van der Waals surface area contributed by atoms with Gasteiger partial charge in [-0.15, -0.1) is 10.2 Å². The normalized spacial score (nSPS) is 14.2. The molecule has 0 amide bonds. The summed E-state index contributed by atoms with van der Waals surface area (Å²) in [4.78, 5) is 1.50. The molecule has 1 N–H and O–H groups in total. The van der Waals surface area contributed by atoms with Crippen LogP contribution in [0.15, 0.2) is 0 Å². The number of likely N-dealkylation sites (N-methyl/N-ethyl adjacent to an activating group) is 1. The highest BCUT2D eigenvalue weighted by molar-refractivity contribution is 4.91. The van der Waals surface area contributed by atoms with Crippen molar-refractivity contribution in [3.05, 3.63) is 5.82 Å². The summed E-state index contributed by atoms with van der Waals surface area (Å²) in [6.07, 6.45) is 1.95. The molecule has 1 unspecified atom stereocenters. The van der Waals surface area contributed by atoms with E-state index in [1.165, 1.54) is 4.80 Å². The molecule has 1 aromatic heterocycles. The largest absolute Gasteiger partial charge is 0.316 e. The Kier molecular flexibility index (Phi) is 3.79. The molecule has 0 saturated heterocycles. The molecule has 0 fully saturated rings. The summed E-state index contributed by atoms with van der Waals surface area (Å²) >= 11 is 0. The lowest BCUT2D eigenvalue weighted by Gasteiger charge is -2.32. The summed E-state index contributed by atoms with van der Waals surface area (Å²) in [5.41, 5.74) is 0.244. The maximum absolute atomic E-state index is 4.20. The van der Waals surface area contributed by atoms with Crippen LogP contribution in [0.2, 0.25) is 0 Å². The molecule has 1 atom stereocenters. The SMILES string of the molecule is CCC(C)(C)C(Cc1nnn(C)n1)NC. The molecule has 0 aliphatic carbocycles. The molecule has 0 bridgehead atoms. The Balaban J connectivity index is 2.69. The molecule has 0 radical (unpaired) electrons. The zero-order valence-electron chi connectivity index (χ0n) is 10.3. The second-order valence-electron chi connectivity index (χ2n) is 4.58. The van der Waals surface area contributed by atoms with Gasteiger partial charge in [-0.1, -0.05) is 20.8 Å². The third-order valence-electron chi connectivity index (χ3n) is 3.14. The van der Waals surface area contributed by atoms with Gasteiger partial charge in [-0.05, 0) is 24.1 Å². The molecule has 86 valence electrons. The third kappa shape index (κ3) is 2.99. The van der Waals surface area contributed by atoms with Crippen molar-refractivity contribution in [1.82, 2.24) is 25.5 Å². The molecule has 0 aliphatic heterocycles. The Hall–Kier alpha value is -0.970. The summed E-state index contributed by atoms with van der Waals surface area (Å²) in [7, 11) is 3.77. The zero-order valence-corrected chi connectivity index (χ0v) is 10.3. The molecule has 0 aliphatic rings. The number of hydrogen-bond donors (Lipinski definition) is 1. The van der Waals surface area contributed by atoms with E-state index in [1.54, 1.807) is 7.05 Å². The van der Waals surface area contributed by atoms with Crippen molar-refractivity contribution in [3.8, 4) is 0 Å². The minimum atomic E-state index is 0.244. The van der Waals surface area contributed by atoms with Gasteiger partial charge in [-0.2, -0.15) is 4.80 Å². The van der Waals surface area contributed by atoms with Gasteiger partial charge in [-0.3, -0.25) is 0 Å². The number of tetrazole rings is 1. The first kappa shape index (κ1) is 12.1. The second-order valence-corrected chi connectivity index (χ2v) is 4.58. The maximum atomic E-state index is 4.20. The lowest BCUT2D eigenvalue weighted by molar-refractivity contribution is 0.238. The summed E-state index contributed by atoms with van der Waals surface area (Å²) in [5, 5.41) is 15.4. The van der Waals surface area contributed by atoms with E-state index in [2.05, 4.69) is 41.5 Å². The van der Waals surface area contributed by atoms with E-state index in [0.717, 1.165) is 18.7 Å². The van der Waals surface area contributed by atoms with Gasteiger partial charge >= 0.3 is 0 Å². The van der Waals surface area contributed by atoms with Crippen LogP contribution < -0.4 is 5.32 Å². The van der Waals surface area contributed by atoms with E-state index in [4.69, 9.17) is 0 Å². The van der Waals surface area contributed by atoms with E-state index in [1.807, 2.05) is 7.05 Å². The minimum absolute atomic E-state index is 0.244. The van der Waals surface area contributed by atoms with Crippen LogP contribution in [0.3, 0.4) is 0 Å². The first-order valence-electron chi connectivity index (χ1n) is 5.39. The Bertz CT molecular complexity index is 305. The smallest absolute Gasteiger partial charge is 0.176 e. The lowest BCUT2D eigenvalue weighted by atomic mass is 9.80. The van der Waals surface area contributed by atoms with E-state index in [-0.39, 0.29) is 5.41 Å². The molecule has 1 aromatic rings. The highest BCUT2D eigenvalue weighted by atomic mass is 15.6. The topological polar surface area (TPSA) is 55.6 Å². The van der Waals surface area contributed by atoms with Crippen LogP contribution in [0.4, 0.5) is 0 Å². The fourth-order valence-electron chi connectivity index (χ4n) is 1.60. The first-order valence-corrected chi connectivity index (χ1v) is 5.39. The Labute approximate surface area is 91.2 Å². The van der Waals surface area contributed by atoms with Gasteiger partial charge < -0.3 is 5.32 Å². The lowest BCUT2D eigenvalue weighted by Crippen LogP contribution is -2.41. The van der Waals surface area contributed by atoms with Crippen LogP contribution in [-0.2, 0) is 13.5 Å². The van der Waals surface area contributed by atoms with E-state index < -0.39 is 0 Å². The number of aromatic nitrogens is 4. The highest BCUT2D eigenvalue weighted by Crippen LogP contribution is 2.26. The molecule has 1 heterocycles. The predicted octanol–water partition coefficient (Wildman–Crippen LogP) is 0.777. The molecular formula is C10H21N5. The van der Waals surface area contributed by atoms with Crippen molar-refractivity contribution in [1.29, 1.82) is 0 Å². The van der Waals surface area contributed by atoms with E-state index in [0.29, 0.717) is 6.04 Å². The number of rotatable bonds is 5. The van der Waals surface area contributed by atoms with Crippen LogP contribution in [0.5, 0.6) is 0 Å². The van der Waals surface area contributed by atoms with Crippen LogP contribution in [0, 0.1) is 5.41 Å². The van der Waals surface area contributed by atoms with E-state index >= 15 is 0 Å². The third-order valence-corrected chi connectivity index (χ3v) is 3.14. The number of nitrogens with zero attached hydrogens (tertiary/aromatic N) is 4. The van der Waals surface area contributed by atoms with Gasteiger partial charge in [0.25, 0.3) is 0 Å². The molecule has 0 aromatic carbocycles. The molecule has 0 saturated carbocycles. The monoisotopic (exact) mass is 211 g/mol. The average molecular weight is 211 g/mol. The van der Waals surface area contributed by atoms with Gasteiger partial charge in [0, 0.05) is 12.5 Å². The summed E-state index contributed by atoms with van der Waals surface area (Å²) in [5.74, 6) is 0.804. The first-order chi connectivity index (χ1) is 6.99. The molecule has 15 heavy (non-hydrogen) atoms. The number of nitrogens with one attached hydrogen (secondary N) is 1. The molecule has 5 heteroatoms. The number of hydrogen-bond acceptors (Lipinski definition) is 4. The molecule has 5 nitrogen and oxygen atoms in total. The summed E-state index contributed by atoms with van der Waals surface area (Å²) < 4.78 is 0.